The number of methoxy groups -OCH3 is 1. The summed E-state index contributed by atoms with van der Waals surface area (Å²) in [6.07, 6.45) is 6.58. The topological polar surface area (TPSA) is 46.5 Å². The van der Waals surface area contributed by atoms with Crippen molar-refractivity contribution in [3.05, 3.63) is 98.9 Å². The van der Waals surface area contributed by atoms with E-state index in [1.54, 1.807) is 7.11 Å². The third kappa shape index (κ3) is 3.96. The molecule has 0 fully saturated rings. The second-order valence-corrected chi connectivity index (χ2v) is 10.7. The summed E-state index contributed by atoms with van der Waals surface area (Å²) in [4.78, 5) is 17.2. The number of urea groups is 1. The summed E-state index contributed by atoms with van der Waals surface area (Å²) in [6.45, 7) is 0.473. The Labute approximate surface area is 218 Å². The van der Waals surface area contributed by atoms with E-state index in [-0.39, 0.29) is 17.1 Å². The van der Waals surface area contributed by atoms with Crippen molar-refractivity contribution in [1.29, 1.82) is 0 Å². The number of halogens is 2. The Morgan fingerprint density at radius 2 is 1.92 bits per heavy atom. The molecule has 1 atom stereocenters. The first-order valence-electron chi connectivity index (χ1n) is 12.0. The highest BCUT2D eigenvalue weighted by Gasteiger charge is 2.36. The minimum atomic E-state index is -0.520. The van der Waals surface area contributed by atoms with Gasteiger partial charge in [-0.25, -0.2) is 9.18 Å². The molecule has 2 aromatic heterocycles. The molecule has 2 aliphatic rings. The van der Waals surface area contributed by atoms with Gasteiger partial charge in [-0.05, 0) is 79.3 Å². The predicted molar refractivity (Wildman–Crippen MR) is 141 cm³/mol. The van der Waals surface area contributed by atoms with Crippen molar-refractivity contribution in [1.82, 2.24) is 9.47 Å². The number of carbonyl (C=O) groups is 1. The Kier molecular flexibility index (Phi) is 5.97. The molecule has 0 unspecified atom stereocenters. The highest BCUT2D eigenvalue weighted by Crippen LogP contribution is 2.44. The number of nitrogens with one attached hydrogen (secondary N) is 1. The van der Waals surface area contributed by atoms with E-state index in [4.69, 9.17) is 16.3 Å². The van der Waals surface area contributed by atoms with Gasteiger partial charge in [0.15, 0.2) is 0 Å². The first-order chi connectivity index (χ1) is 17.5. The maximum Gasteiger partial charge on any atom is 0.322 e. The fourth-order valence-corrected chi connectivity index (χ4v) is 6.88. The molecule has 36 heavy (non-hydrogen) atoms. The summed E-state index contributed by atoms with van der Waals surface area (Å²) in [6, 6.07) is 15.6. The van der Waals surface area contributed by atoms with Crippen LogP contribution in [0.2, 0.25) is 5.02 Å². The van der Waals surface area contributed by atoms with Gasteiger partial charge in [0.1, 0.15) is 16.6 Å². The van der Waals surface area contributed by atoms with Crippen LogP contribution in [0, 0.1) is 5.82 Å². The Morgan fingerprint density at radius 1 is 1.11 bits per heavy atom. The average Bonchev–Trinajstić information content (AvgIpc) is 3.48. The third-order valence-corrected chi connectivity index (χ3v) is 8.67. The van der Waals surface area contributed by atoms with Gasteiger partial charge >= 0.3 is 6.03 Å². The van der Waals surface area contributed by atoms with E-state index < -0.39 is 5.82 Å². The quantitative estimate of drug-likeness (QED) is 0.306. The van der Waals surface area contributed by atoms with E-state index in [1.807, 2.05) is 46.6 Å². The number of aromatic nitrogens is 1. The van der Waals surface area contributed by atoms with Crippen LogP contribution < -0.4 is 10.1 Å². The van der Waals surface area contributed by atoms with Crippen LogP contribution in [0.3, 0.4) is 0 Å². The standard InChI is InChI=1S/C28H25ClFN3O2S/c1-35-19-11-8-17(9-12-19)26-24-6-4-14-32(24)27-21(20-5-2-3-7-25(20)36-27)16-33(26)28(34)31-18-10-13-23(30)22(29)15-18/h4,6,8-15,26H,2-3,5,7,16H2,1H3,(H,31,34)/t26-/m1/s1. The van der Waals surface area contributed by atoms with Crippen molar-refractivity contribution in [3.63, 3.8) is 0 Å². The van der Waals surface area contributed by atoms with E-state index >= 15 is 0 Å². The lowest BCUT2D eigenvalue weighted by molar-refractivity contribution is 0.194. The van der Waals surface area contributed by atoms with Crippen LogP contribution in [-0.4, -0.2) is 22.6 Å². The average molecular weight is 522 g/mol. The van der Waals surface area contributed by atoms with Crippen LogP contribution in [0.4, 0.5) is 14.9 Å². The lowest BCUT2D eigenvalue weighted by atomic mass is 9.95. The fraction of sp³-hybridized carbons (Fsp3) is 0.250. The number of benzene rings is 2. The second-order valence-electron chi connectivity index (χ2n) is 9.16. The minimum absolute atomic E-state index is 0.0292. The number of aryl methyl sites for hydroxylation is 1. The smallest absolute Gasteiger partial charge is 0.322 e. The Bertz CT molecular complexity index is 1450. The molecule has 0 saturated carbocycles. The van der Waals surface area contributed by atoms with Crippen LogP contribution in [-0.2, 0) is 19.4 Å². The summed E-state index contributed by atoms with van der Waals surface area (Å²) in [5.74, 6) is 0.237. The molecule has 184 valence electrons. The first-order valence-corrected chi connectivity index (χ1v) is 13.2. The summed E-state index contributed by atoms with van der Waals surface area (Å²) < 4.78 is 21.4. The Morgan fingerprint density at radius 3 is 2.69 bits per heavy atom. The number of ether oxygens (including phenoxy) is 1. The predicted octanol–water partition coefficient (Wildman–Crippen LogP) is 7.36. The highest BCUT2D eigenvalue weighted by molar-refractivity contribution is 7.15. The molecule has 4 aromatic rings. The molecule has 0 bridgehead atoms. The van der Waals surface area contributed by atoms with Gasteiger partial charge in [-0.15, -0.1) is 11.3 Å². The van der Waals surface area contributed by atoms with Crippen LogP contribution in [0.15, 0.2) is 60.8 Å². The van der Waals surface area contributed by atoms with E-state index in [9.17, 15) is 9.18 Å². The van der Waals surface area contributed by atoms with Crippen molar-refractivity contribution in [2.45, 2.75) is 38.3 Å². The van der Waals surface area contributed by atoms with Crippen LogP contribution in [0.25, 0.3) is 5.00 Å². The molecular formula is C28H25ClFN3O2S. The van der Waals surface area contributed by atoms with Crippen molar-refractivity contribution in [2.24, 2.45) is 0 Å². The molecule has 0 radical (unpaired) electrons. The van der Waals surface area contributed by atoms with E-state index in [0.717, 1.165) is 36.3 Å². The van der Waals surface area contributed by atoms with Gasteiger partial charge in [0.2, 0.25) is 0 Å². The number of hydrogen-bond donors (Lipinski definition) is 1. The molecule has 3 heterocycles. The largest absolute Gasteiger partial charge is 0.497 e. The number of hydrogen-bond acceptors (Lipinski definition) is 3. The summed E-state index contributed by atoms with van der Waals surface area (Å²) >= 11 is 7.84. The van der Waals surface area contributed by atoms with Crippen LogP contribution in [0.5, 0.6) is 5.75 Å². The number of carbonyl (C=O) groups excluding carboxylic acids is 1. The molecule has 5 nitrogen and oxygen atoms in total. The van der Waals surface area contributed by atoms with Crippen molar-refractivity contribution in [2.75, 3.05) is 12.4 Å². The fourth-order valence-electron chi connectivity index (χ4n) is 5.29. The number of nitrogens with zero attached hydrogens (tertiary/aromatic N) is 2. The zero-order valence-electron chi connectivity index (χ0n) is 19.8. The third-order valence-electron chi connectivity index (χ3n) is 7.04. The molecule has 0 spiro atoms. The lowest BCUT2D eigenvalue weighted by Gasteiger charge is -2.31. The molecule has 6 rings (SSSR count). The van der Waals surface area contributed by atoms with Gasteiger partial charge in [0.25, 0.3) is 0 Å². The van der Waals surface area contributed by atoms with Gasteiger partial charge < -0.3 is 19.5 Å². The van der Waals surface area contributed by atoms with Gasteiger partial charge in [-0.1, -0.05) is 23.7 Å². The monoisotopic (exact) mass is 521 g/mol. The van der Waals surface area contributed by atoms with Crippen molar-refractivity contribution >= 4 is 34.7 Å². The molecular weight excluding hydrogens is 497 g/mol. The molecule has 1 aliphatic heterocycles. The number of fused-ring (bicyclic) bond motifs is 5. The van der Waals surface area contributed by atoms with Gasteiger partial charge in [0.05, 0.1) is 30.4 Å². The van der Waals surface area contributed by atoms with Gasteiger partial charge in [0, 0.05) is 22.3 Å². The van der Waals surface area contributed by atoms with E-state index in [2.05, 4.69) is 22.1 Å². The molecule has 1 N–H and O–H groups in total. The van der Waals surface area contributed by atoms with Crippen LogP contribution in [0.1, 0.15) is 46.1 Å². The van der Waals surface area contributed by atoms with Crippen LogP contribution >= 0.6 is 22.9 Å². The number of rotatable bonds is 3. The molecule has 0 saturated heterocycles. The van der Waals surface area contributed by atoms with Crippen molar-refractivity contribution in [3.8, 4) is 10.8 Å². The zero-order valence-corrected chi connectivity index (χ0v) is 21.3. The lowest BCUT2D eigenvalue weighted by Crippen LogP contribution is -2.38. The zero-order chi connectivity index (χ0) is 24.8. The first kappa shape index (κ1) is 23.1. The summed E-state index contributed by atoms with van der Waals surface area (Å²) in [5, 5.41) is 4.13. The molecule has 2 aromatic carbocycles. The van der Waals surface area contributed by atoms with Crippen molar-refractivity contribution < 1.29 is 13.9 Å². The van der Waals surface area contributed by atoms with E-state index in [1.165, 1.54) is 45.6 Å². The highest BCUT2D eigenvalue weighted by atomic mass is 35.5. The maximum absolute atomic E-state index is 13.9. The molecule has 2 amide bonds. The van der Waals surface area contributed by atoms with E-state index in [0.29, 0.717) is 12.2 Å². The summed E-state index contributed by atoms with van der Waals surface area (Å²) in [7, 11) is 1.64. The Balaban J connectivity index is 1.48. The Hall–Kier alpha value is -3.29. The number of amides is 2. The normalized spacial score (nSPS) is 16.5. The van der Waals surface area contributed by atoms with Gasteiger partial charge in [-0.2, -0.15) is 0 Å². The van der Waals surface area contributed by atoms with Gasteiger partial charge in [-0.3, -0.25) is 0 Å². The summed E-state index contributed by atoms with van der Waals surface area (Å²) in [5.41, 5.74) is 5.05. The number of thiophene rings is 1. The SMILES string of the molecule is COc1ccc([C@@H]2c3cccn3-c3sc4c(c3CN2C(=O)Nc2ccc(F)c(Cl)c2)CCCC4)cc1. The second kappa shape index (κ2) is 9.30. The molecule has 1 aliphatic carbocycles. The number of anilines is 1. The molecule has 8 heteroatoms. The maximum atomic E-state index is 13.9. The minimum Gasteiger partial charge on any atom is -0.497 e.